The van der Waals surface area contributed by atoms with Crippen LogP contribution in [-0.4, -0.2) is 10.2 Å². The average Bonchev–Trinajstić information content (AvgIpc) is 2.77. The van der Waals surface area contributed by atoms with Crippen molar-refractivity contribution in [3.63, 3.8) is 0 Å². The van der Waals surface area contributed by atoms with Crippen LogP contribution in [0, 0.1) is 0 Å². The topological polar surface area (TPSA) is 38.9 Å². The fourth-order valence-electron chi connectivity index (χ4n) is 1.20. The van der Waals surface area contributed by atoms with Gasteiger partial charge < -0.3 is 4.42 Å². The van der Waals surface area contributed by atoms with Gasteiger partial charge in [-0.3, -0.25) is 0 Å². The van der Waals surface area contributed by atoms with Gasteiger partial charge in [-0.05, 0) is 24.3 Å². The molecule has 0 atom stereocenters. The number of hydrogen-bond acceptors (Lipinski definition) is 4. The zero-order chi connectivity index (χ0) is 9.80. The molecule has 2 aromatic rings. The first-order valence-corrected chi connectivity index (χ1v) is 6.02. The van der Waals surface area contributed by atoms with Gasteiger partial charge in [-0.2, -0.15) is 0 Å². The van der Waals surface area contributed by atoms with Crippen LogP contribution in [0.4, 0.5) is 0 Å². The number of hydrogen-bond donors (Lipinski definition) is 0. The van der Waals surface area contributed by atoms with E-state index in [1.54, 1.807) is 11.3 Å². The van der Waals surface area contributed by atoms with Crippen LogP contribution in [0.15, 0.2) is 26.7 Å². The van der Waals surface area contributed by atoms with Crippen molar-refractivity contribution < 1.29 is 4.42 Å². The Morgan fingerprint density at radius 1 is 1.36 bits per heavy atom. The average molecular weight is 273 g/mol. The van der Waals surface area contributed by atoms with Gasteiger partial charge in [0.1, 0.15) is 0 Å². The van der Waals surface area contributed by atoms with E-state index in [9.17, 15) is 0 Å². The third kappa shape index (κ3) is 2.65. The summed E-state index contributed by atoms with van der Waals surface area (Å²) in [5.74, 6) is 0.702. The van der Waals surface area contributed by atoms with Crippen LogP contribution in [0.5, 0.6) is 0 Å². The molecule has 0 fully saturated rings. The maximum Gasteiger partial charge on any atom is 0.284 e. The van der Waals surface area contributed by atoms with Gasteiger partial charge in [0, 0.05) is 27.2 Å². The van der Waals surface area contributed by atoms with Crippen molar-refractivity contribution >= 4 is 27.3 Å². The number of aromatic nitrogens is 2. The first-order chi connectivity index (χ1) is 6.84. The molecule has 0 spiro atoms. The maximum absolute atomic E-state index is 5.20. The summed E-state index contributed by atoms with van der Waals surface area (Å²) in [7, 11) is 0. The van der Waals surface area contributed by atoms with E-state index in [1.165, 1.54) is 4.88 Å². The van der Waals surface area contributed by atoms with Gasteiger partial charge in [-0.25, -0.2) is 0 Å². The van der Waals surface area contributed by atoms with Crippen molar-refractivity contribution in [1.82, 2.24) is 10.2 Å². The van der Waals surface area contributed by atoms with E-state index >= 15 is 0 Å². The molecule has 0 amide bonds. The second-order valence-electron chi connectivity index (χ2n) is 2.88. The van der Waals surface area contributed by atoms with Crippen LogP contribution in [0.25, 0.3) is 0 Å². The number of aryl methyl sites for hydroxylation is 2. The quantitative estimate of drug-likeness (QED) is 0.859. The Morgan fingerprint density at radius 2 is 2.29 bits per heavy atom. The molecule has 2 rings (SSSR count). The van der Waals surface area contributed by atoms with E-state index in [1.807, 2.05) is 0 Å². The van der Waals surface area contributed by atoms with Crippen molar-refractivity contribution in [1.29, 1.82) is 0 Å². The Morgan fingerprint density at radius 3 is 2.93 bits per heavy atom. The van der Waals surface area contributed by atoms with Gasteiger partial charge in [0.15, 0.2) is 0 Å². The predicted octanol–water partition coefficient (Wildman–Crippen LogP) is 3.07. The van der Waals surface area contributed by atoms with E-state index in [4.69, 9.17) is 4.42 Å². The Hall–Kier alpha value is -0.680. The maximum atomic E-state index is 5.20. The van der Waals surface area contributed by atoms with E-state index in [0.29, 0.717) is 10.7 Å². The molecule has 0 bridgehead atoms. The fourth-order valence-corrected chi connectivity index (χ4v) is 2.22. The van der Waals surface area contributed by atoms with Gasteiger partial charge in [0.2, 0.25) is 5.89 Å². The van der Waals surface area contributed by atoms with Crippen molar-refractivity contribution in [3.8, 4) is 0 Å². The second-order valence-corrected chi connectivity index (χ2v) is 4.59. The first kappa shape index (κ1) is 9.86. The zero-order valence-electron chi connectivity index (χ0n) is 7.44. The molecule has 0 saturated heterocycles. The Balaban J connectivity index is 1.78. The third-order valence-corrected chi connectivity index (χ3v) is 3.09. The summed E-state index contributed by atoms with van der Waals surface area (Å²) in [4.78, 5) is 1.87. The van der Waals surface area contributed by atoms with Gasteiger partial charge in [0.05, 0.1) is 0 Å². The first-order valence-electron chi connectivity index (χ1n) is 4.35. The van der Waals surface area contributed by atoms with Crippen LogP contribution in [-0.2, 0) is 12.8 Å². The van der Waals surface area contributed by atoms with Crippen molar-refractivity contribution in [2.75, 3.05) is 0 Å². The molecule has 0 unspecified atom stereocenters. The number of thiophene rings is 1. The minimum Gasteiger partial charge on any atom is -0.416 e. The molecule has 2 heterocycles. The molecule has 74 valence electrons. The van der Waals surface area contributed by atoms with E-state index < -0.39 is 0 Å². The summed E-state index contributed by atoms with van der Waals surface area (Å²) in [6.45, 7) is 0. The molecule has 0 saturated carbocycles. The van der Waals surface area contributed by atoms with E-state index in [-0.39, 0.29) is 0 Å². The standard InChI is InChI=1S/C9H9BrN2OS/c10-9-12-11-8(13-9)5-1-3-7-4-2-6-14-7/h2,4,6H,1,3,5H2. The Bertz CT molecular complexity index is 385. The van der Waals surface area contributed by atoms with Crippen LogP contribution in [0.1, 0.15) is 17.2 Å². The van der Waals surface area contributed by atoms with Crippen LogP contribution in [0.3, 0.4) is 0 Å². The molecular weight excluding hydrogens is 264 g/mol. The van der Waals surface area contributed by atoms with Crippen LogP contribution < -0.4 is 0 Å². The van der Waals surface area contributed by atoms with Crippen molar-refractivity contribution in [3.05, 3.63) is 33.1 Å². The molecule has 5 heteroatoms. The SMILES string of the molecule is Brc1nnc(CCCc2cccs2)o1. The lowest BCUT2D eigenvalue weighted by molar-refractivity contribution is 0.466. The Kier molecular flexibility index (Phi) is 3.31. The van der Waals surface area contributed by atoms with Gasteiger partial charge in [-0.15, -0.1) is 21.5 Å². The molecule has 0 N–H and O–H groups in total. The molecule has 0 aliphatic rings. The Labute approximate surface area is 94.3 Å². The summed E-state index contributed by atoms with van der Waals surface area (Å²) in [6, 6.07) is 4.22. The highest BCUT2D eigenvalue weighted by atomic mass is 79.9. The molecular formula is C9H9BrN2OS. The lowest BCUT2D eigenvalue weighted by Gasteiger charge is -1.93. The number of halogens is 1. The number of nitrogens with zero attached hydrogens (tertiary/aromatic N) is 2. The number of rotatable bonds is 4. The fraction of sp³-hybridized carbons (Fsp3) is 0.333. The van der Waals surface area contributed by atoms with Crippen LogP contribution in [0.2, 0.25) is 0 Å². The molecule has 0 aromatic carbocycles. The molecule has 14 heavy (non-hydrogen) atoms. The van der Waals surface area contributed by atoms with Gasteiger partial charge in [0.25, 0.3) is 4.80 Å². The molecule has 0 aliphatic heterocycles. The lowest BCUT2D eigenvalue weighted by Crippen LogP contribution is -1.88. The molecule has 2 aromatic heterocycles. The highest BCUT2D eigenvalue weighted by Gasteiger charge is 2.02. The third-order valence-electron chi connectivity index (χ3n) is 1.84. The zero-order valence-corrected chi connectivity index (χ0v) is 9.84. The highest BCUT2D eigenvalue weighted by molar-refractivity contribution is 9.10. The normalized spacial score (nSPS) is 10.6. The lowest BCUT2D eigenvalue weighted by atomic mass is 10.2. The monoisotopic (exact) mass is 272 g/mol. The van der Waals surface area contributed by atoms with E-state index in [2.05, 4.69) is 43.6 Å². The molecule has 0 aliphatic carbocycles. The summed E-state index contributed by atoms with van der Waals surface area (Å²) < 4.78 is 5.20. The minimum absolute atomic E-state index is 0.462. The summed E-state index contributed by atoms with van der Waals surface area (Å²) in [5.41, 5.74) is 0. The smallest absolute Gasteiger partial charge is 0.284 e. The van der Waals surface area contributed by atoms with Gasteiger partial charge >= 0.3 is 0 Å². The van der Waals surface area contributed by atoms with Crippen molar-refractivity contribution in [2.24, 2.45) is 0 Å². The van der Waals surface area contributed by atoms with Crippen LogP contribution >= 0.6 is 27.3 Å². The van der Waals surface area contributed by atoms with E-state index in [0.717, 1.165) is 19.3 Å². The summed E-state index contributed by atoms with van der Waals surface area (Å²) >= 11 is 4.91. The van der Waals surface area contributed by atoms with Crippen molar-refractivity contribution in [2.45, 2.75) is 19.3 Å². The summed E-state index contributed by atoms with van der Waals surface area (Å²) in [5, 5.41) is 9.71. The summed E-state index contributed by atoms with van der Waals surface area (Å²) in [6.07, 6.45) is 2.98. The highest BCUT2D eigenvalue weighted by Crippen LogP contribution is 2.13. The second kappa shape index (κ2) is 4.70. The molecule has 3 nitrogen and oxygen atoms in total. The molecule has 0 radical (unpaired) electrons. The largest absolute Gasteiger partial charge is 0.416 e. The predicted molar refractivity (Wildman–Crippen MR) is 58.3 cm³/mol. The minimum atomic E-state index is 0.462. The van der Waals surface area contributed by atoms with Gasteiger partial charge in [-0.1, -0.05) is 6.07 Å².